The summed E-state index contributed by atoms with van der Waals surface area (Å²) in [6.45, 7) is 25.8. The quantitative estimate of drug-likeness (QED) is 0.159. The maximum atomic E-state index is 2.77. The van der Waals surface area contributed by atoms with Crippen molar-refractivity contribution in [3.8, 4) is 11.1 Å². The van der Waals surface area contributed by atoms with E-state index in [1.54, 1.807) is 0 Å². The number of aryl methyl sites for hydroxylation is 1. The van der Waals surface area contributed by atoms with Crippen LogP contribution in [-0.2, 0) is 21.7 Å². The van der Waals surface area contributed by atoms with E-state index >= 15 is 0 Å². The molecule has 3 nitrogen and oxygen atoms in total. The fraction of sp³-hybridized carbons (Fsp3) is 0.294. The van der Waals surface area contributed by atoms with Crippen LogP contribution in [0.25, 0.3) is 11.1 Å². The van der Waals surface area contributed by atoms with Crippen LogP contribution in [0, 0.1) is 6.92 Å². The summed E-state index contributed by atoms with van der Waals surface area (Å²) in [6, 6.07) is 68.5. The van der Waals surface area contributed by atoms with Crippen LogP contribution in [0.4, 0.5) is 45.5 Å². The molecule has 8 aromatic rings. The summed E-state index contributed by atoms with van der Waals surface area (Å²) in [5, 5.41) is 0. The van der Waals surface area contributed by atoms with Crippen molar-refractivity contribution in [2.45, 2.75) is 129 Å². The van der Waals surface area contributed by atoms with Crippen LogP contribution in [-0.4, -0.2) is 12.3 Å². The smallest absolute Gasteiger partial charge is 0.252 e. The number of para-hydroxylation sites is 1. The largest absolute Gasteiger partial charge is 0.334 e. The Morgan fingerprint density at radius 1 is 0.444 bits per heavy atom. The number of fused-ring (bicyclic) bond motifs is 7. The highest BCUT2D eigenvalue weighted by Gasteiger charge is 2.61. The molecule has 1 fully saturated rings. The summed E-state index contributed by atoms with van der Waals surface area (Å²) >= 11 is 0. The van der Waals surface area contributed by atoms with Gasteiger partial charge in [-0.1, -0.05) is 190 Å². The van der Waals surface area contributed by atoms with E-state index in [1.165, 1.54) is 119 Å². The van der Waals surface area contributed by atoms with Gasteiger partial charge in [0.2, 0.25) is 0 Å². The number of hydrogen-bond donors (Lipinski definition) is 0. The Labute approximate surface area is 430 Å². The minimum Gasteiger partial charge on any atom is -0.334 e. The van der Waals surface area contributed by atoms with E-state index in [4.69, 9.17) is 0 Å². The Morgan fingerprint density at radius 2 is 0.986 bits per heavy atom. The van der Waals surface area contributed by atoms with Crippen LogP contribution in [0.2, 0.25) is 0 Å². The zero-order chi connectivity index (χ0) is 50.1. The maximum absolute atomic E-state index is 2.77. The molecule has 1 saturated carbocycles. The molecule has 2 unspecified atom stereocenters. The fourth-order valence-corrected chi connectivity index (χ4v) is 13.5. The lowest BCUT2D eigenvalue weighted by Gasteiger charge is -2.52. The third kappa shape index (κ3) is 6.98. The minimum absolute atomic E-state index is 0.00131. The minimum atomic E-state index is -0.180. The molecule has 0 aromatic heterocycles. The number of nitrogens with zero attached hydrogens (tertiary/aromatic N) is 3. The van der Waals surface area contributed by atoms with Crippen molar-refractivity contribution < 1.29 is 0 Å². The molecule has 8 aromatic carbocycles. The first-order valence-corrected chi connectivity index (χ1v) is 26.7. The molecule has 360 valence electrons. The highest BCUT2D eigenvalue weighted by atomic mass is 15.3. The van der Waals surface area contributed by atoms with E-state index in [0.29, 0.717) is 0 Å². The second-order valence-electron chi connectivity index (χ2n) is 24.8. The Kier molecular flexibility index (Phi) is 10.5. The molecule has 4 aliphatic rings. The van der Waals surface area contributed by atoms with Gasteiger partial charge in [-0.3, -0.25) is 0 Å². The molecule has 0 spiro atoms. The lowest BCUT2D eigenvalue weighted by Crippen LogP contribution is -2.61. The Balaban J connectivity index is 1.14. The fourth-order valence-electron chi connectivity index (χ4n) is 13.5. The summed E-state index contributed by atoms with van der Waals surface area (Å²) in [6.07, 6.45) is 4.67. The lowest BCUT2D eigenvalue weighted by atomic mass is 9.33. The Morgan fingerprint density at radius 3 is 1.67 bits per heavy atom. The highest BCUT2D eigenvalue weighted by Crippen LogP contribution is 2.64. The molecule has 1 aliphatic carbocycles. The van der Waals surface area contributed by atoms with E-state index in [0.717, 1.165) is 12.8 Å². The molecular weight excluding hydrogens is 870 g/mol. The molecule has 2 atom stereocenters. The van der Waals surface area contributed by atoms with Crippen LogP contribution < -0.4 is 31.1 Å². The van der Waals surface area contributed by atoms with Crippen molar-refractivity contribution in [1.82, 2.24) is 0 Å². The lowest BCUT2D eigenvalue weighted by molar-refractivity contribution is 0.215. The molecule has 0 amide bonds. The van der Waals surface area contributed by atoms with Gasteiger partial charge >= 0.3 is 0 Å². The van der Waals surface area contributed by atoms with Gasteiger partial charge in [-0.25, -0.2) is 0 Å². The third-order valence-corrected chi connectivity index (χ3v) is 17.3. The molecule has 4 heteroatoms. The number of anilines is 8. The van der Waals surface area contributed by atoms with E-state index < -0.39 is 0 Å². The topological polar surface area (TPSA) is 9.72 Å². The zero-order valence-corrected chi connectivity index (χ0v) is 44.5. The standard InChI is InChI=1S/C68H70BN3/c1-45-40-61-63-62(41-45)71(57-37-31-49(65(5,6)7)42-53(57)46-22-14-12-15-23-46)59-43-50(66(8,9)10)30-35-55(59)69(63)56-36-34-52(44-60(56)70(61)51-32-28-47(29-33-51)64(2,3)4)72-58-27-19-18-26-54(58)68(48-24-16-13-17-25-48)39-21-20-38-67(68,72)11/h12-19,22-37,40-44H,20-21,38-39H2,1-11H3. The van der Waals surface area contributed by atoms with Gasteiger partial charge in [-0.2, -0.15) is 0 Å². The molecule has 3 aliphatic heterocycles. The predicted molar refractivity (Wildman–Crippen MR) is 309 cm³/mol. The summed E-state index contributed by atoms with van der Waals surface area (Å²) in [5.74, 6) is 0. The van der Waals surface area contributed by atoms with E-state index in [-0.39, 0.29) is 33.9 Å². The number of rotatable bonds is 5. The molecule has 3 heterocycles. The van der Waals surface area contributed by atoms with Gasteiger partial charge in [0.05, 0.1) is 11.2 Å². The van der Waals surface area contributed by atoms with Gasteiger partial charge in [0.15, 0.2) is 0 Å². The molecule has 12 rings (SSSR count). The van der Waals surface area contributed by atoms with Crippen LogP contribution in [0.3, 0.4) is 0 Å². The van der Waals surface area contributed by atoms with Crippen molar-refractivity contribution >= 4 is 68.6 Å². The average Bonchev–Trinajstić information content (AvgIpc) is 3.61. The van der Waals surface area contributed by atoms with Gasteiger partial charge in [0.1, 0.15) is 0 Å². The highest BCUT2D eigenvalue weighted by molar-refractivity contribution is 7.00. The second-order valence-corrected chi connectivity index (χ2v) is 24.8. The Hall–Kier alpha value is -6.78. The van der Waals surface area contributed by atoms with Gasteiger partial charge in [-0.05, 0) is 159 Å². The normalized spacial score (nSPS) is 19.1. The molecule has 0 bridgehead atoms. The molecule has 0 saturated heterocycles. The van der Waals surface area contributed by atoms with Gasteiger partial charge in [0, 0.05) is 50.8 Å². The van der Waals surface area contributed by atoms with E-state index in [1.807, 2.05) is 0 Å². The molecular formula is C68H70BN3. The van der Waals surface area contributed by atoms with Crippen molar-refractivity contribution in [1.29, 1.82) is 0 Å². The van der Waals surface area contributed by atoms with Crippen molar-refractivity contribution in [2.24, 2.45) is 0 Å². The number of hydrogen-bond acceptors (Lipinski definition) is 3. The van der Waals surface area contributed by atoms with Crippen molar-refractivity contribution in [2.75, 3.05) is 14.7 Å². The van der Waals surface area contributed by atoms with Crippen LogP contribution in [0.15, 0.2) is 176 Å². The molecule has 72 heavy (non-hydrogen) atoms. The van der Waals surface area contributed by atoms with Crippen LogP contribution in [0.5, 0.6) is 0 Å². The van der Waals surface area contributed by atoms with Gasteiger partial charge in [0.25, 0.3) is 6.71 Å². The SMILES string of the molecule is Cc1cc2c3c(c1)N(c1ccc(C(C)(C)C)cc1-c1ccccc1)c1cc(C(C)(C)C)ccc1B3c1ccc(N3c4ccccc4C4(c5ccccc5)CCCCC34C)cc1N2c1ccc(C(C)(C)C)cc1. The third-order valence-electron chi connectivity index (χ3n) is 17.3. The first-order valence-electron chi connectivity index (χ1n) is 26.7. The van der Waals surface area contributed by atoms with Crippen LogP contribution in [0.1, 0.15) is 128 Å². The first kappa shape index (κ1) is 46.3. The summed E-state index contributed by atoms with van der Waals surface area (Å²) < 4.78 is 0. The average molecular weight is 940 g/mol. The first-order chi connectivity index (χ1) is 34.4. The summed E-state index contributed by atoms with van der Waals surface area (Å²) in [5.41, 5.74) is 24.2. The van der Waals surface area contributed by atoms with E-state index in [9.17, 15) is 0 Å². The monoisotopic (exact) mass is 940 g/mol. The van der Waals surface area contributed by atoms with Gasteiger partial charge in [-0.15, -0.1) is 0 Å². The summed E-state index contributed by atoms with van der Waals surface area (Å²) in [4.78, 5) is 8.03. The Bertz CT molecular complexity index is 3410. The maximum Gasteiger partial charge on any atom is 0.252 e. The van der Waals surface area contributed by atoms with E-state index in [2.05, 4.69) is 267 Å². The summed E-state index contributed by atoms with van der Waals surface area (Å²) in [7, 11) is 0. The van der Waals surface area contributed by atoms with Gasteiger partial charge < -0.3 is 14.7 Å². The molecule has 0 radical (unpaired) electrons. The zero-order valence-electron chi connectivity index (χ0n) is 44.5. The molecule has 0 N–H and O–H groups in total. The predicted octanol–water partition coefficient (Wildman–Crippen LogP) is 16.4. The van der Waals surface area contributed by atoms with Crippen LogP contribution >= 0.6 is 0 Å². The second kappa shape index (κ2) is 16.4. The van der Waals surface area contributed by atoms with Crippen molar-refractivity contribution in [3.63, 3.8) is 0 Å². The van der Waals surface area contributed by atoms with Crippen molar-refractivity contribution in [3.05, 3.63) is 209 Å². The number of benzene rings is 8.